The Balaban J connectivity index is 1.94. The molecule has 0 saturated heterocycles. The van der Waals surface area contributed by atoms with Crippen LogP contribution in [0.3, 0.4) is 0 Å². The largest absolute Gasteiger partial charge is 0.355 e. The Morgan fingerprint density at radius 3 is 2.61 bits per heavy atom. The van der Waals surface area contributed by atoms with E-state index in [2.05, 4.69) is 24.3 Å². The highest BCUT2D eigenvalue weighted by Crippen LogP contribution is 2.39. The van der Waals surface area contributed by atoms with E-state index in [9.17, 15) is 9.18 Å². The summed E-state index contributed by atoms with van der Waals surface area (Å²) in [5.41, 5.74) is 6.36. The third kappa shape index (κ3) is 5.01. The molecule has 1 fully saturated rings. The van der Waals surface area contributed by atoms with Gasteiger partial charge in [0.15, 0.2) is 0 Å². The fraction of sp³-hybridized carbons (Fsp3) is 0.611. The Labute approximate surface area is 138 Å². The van der Waals surface area contributed by atoms with Gasteiger partial charge in [-0.2, -0.15) is 0 Å². The van der Waals surface area contributed by atoms with Gasteiger partial charge in [0.1, 0.15) is 5.82 Å². The lowest BCUT2D eigenvalue weighted by Crippen LogP contribution is -2.36. The zero-order chi connectivity index (χ0) is 16.8. The zero-order valence-electron chi connectivity index (χ0n) is 14.1. The summed E-state index contributed by atoms with van der Waals surface area (Å²) in [6.07, 6.45) is 4.38. The number of nitrogens with zero attached hydrogens (tertiary/aromatic N) is 1. The summed E-state index contributed by atoms with van der Waals surface area (Å²) < 4.78 is 13.6. The van der Waals surface area contributed by atoms with Crippen LogP contribution in [0.5, 0.6) is 0 Å². The predicted octanol–water partition coefficient (Wildman–Crippen LogP) is 2.31. The molecule has 1 aromatic carbocycles. The molecule has 4 nitrogen and oxygen atoms in total. The van der Waals surface area contributed by atoms with Crippen molar-refractivity contribution in [1.29, 1.82) is 0 Å². The van der Waals surface area contributed by atoms with Crippen molar-refractivity contribution in [2.45, 2.75) is 31.7 Å². The zero-order valence-corrected chi connectivity index (χ0v) is 14.1. The van der Waals surface area contributed by atoms with Crippen molar-refractivity contribution >= 4 is 5.91 Å². The fourth-order valence-corrected chi connectivity index (χ4v) is 3.72. The standard InChI is InChI=1S/C18H28FN3O/c1-22(2)18(15-4-3-5-16(19)10-15)14-8-6-13(7-9-14)12-21-17(23)11-20/h3-5,10,13-14,18H,6-9,11-12,20H2,1-2H3,(H,21,23). The summed E-state index contributed by atoms with van der Waals surface area (Å²) in [7, 11) is 4.12. The van der Waals surface area contributed by atoms with Gasteiger partial charge in [-0.1, -0.05) is 12.1 Å². The minimum absolute atomic E-state index is 0.0532. The molecule has 1 aliphatic carbocycles. The van der Waals surface area contributed by atoms with Gasteiger partial charge in [0.05, 0.1) is 6.54 Å². The second-order valence-electron chi connectivity index (χ2n) is 6.75. The molecule has 0 radical (unpaired) electrons. The van der Waals surface area contributed by atoms with Crippen LogP contribution in [0, 0.1) is 17.7 Å². The number of rotatable bonds is 6. The molecule has 128 valence electrons. The van der Waals surface area contributed by atoms with Gasteiger partial charge in [-0.15, -0.1) is 0 Å². The van der Waals surface area contributed by atoms with Crippen LogP contribution in [-0.2, 0) is 4.79 Å². The van der Waals surface area contributed by atoms with E-state index in [-0.39, 0.29) is 24.3 Å². The van der Waals surface area contributed by atoms with Crippen molar-refractivity contribution in [3.05, 3.63) is 35.6 Å². The molecular weight excluding hydrogens is 293 g/mol. The maximum absolute atomic E-state index is 13.6. The van der Waals surface area contributed by atoms with Crippen molar-refractivity contribution in [3.8, 4) is 0 Å². The summed E-state index contributed by atoms with van der Waals surface area (Å²) in [4.78, 5) is 13.4. The van der Waals surface area contributed by atoms with Gasteiger partial charge in [0.2, 0.25) is 5.91 Å². The van der Waals surface area contributed by atoms with Crippen LogP contribution in [0.4, 0.5) is 4.39 Å². The van der Waals surface area contributed by atoms with E-state index < -0.39 is 0 Å². The van der Waals surface area contributed by atoms with E-state index in [0.29, 0.717) is 11.8 Å². The van der Waals surface area contributed by atoms with Gasteiger partial charge in [0.25, 0.3) is 0 Å². The third-order valence-corrected chi connectivity index (χ3v) is 4.86. The number of halogens is 1. The first kappa shape index (κ1) is 17.9. The SMILES string of the molecule is CN(C)C(c1cccc(F)c1)C1CCC(CNC(=O)CN)CC1. The molecule has 1 aliphatic rings. The third-order valence-electron chi connectivity index (χ3n) is 4.86. The Morgan fingerprint density at radius 2 is 2.04 bits per heavy atom. The van der Waals surface area contributed by atoms with Crippen molar-refractivity contribution in [3.63, 3.8) is 0 Å². The number of carbonyl (C=O) groups is 1. The maximum atomic E-state index is 13.6. The highest BCUT2D eigenvalue weighted by atomic mass is 19.1. The smallest absolute Gasteiger partial charge is 0.233 e. The lowest BCUT2D eigenvalue weighted by Gasteiger charge is -2.37. The number of amides is 1. The molecule has 23 heavy (non-hydrogen) atoms. The number of benzene rings is 1. The average molecular weight is 321 g/mol. The van der Waals surface area contributed by atoms with Crippen LogP contribution < -0.4 is 11.1 Å². The molecule has 0 heterocycles. The Morgan fingerprint density at radius 1 is 1.35 bits per heavy atom. The molecular formula is C18H28FN3O. The first-order chi connectivity index (χ1) is 11.0. The molecule has 1 saturated carbocycles. The second kappa shape index (κ2) is 8.41. The van der Waals surface area contributed by atoms with E-state index >= 15 is 0 Å². The van der Waals surface area contributed by atoms with Gasteiger partial charge in [-0.05, 0) is 69.3 Å². The quantitative estimate of drug-likeness (QED) is 0.845. The molecule has 5 heteroatoms. The molecule has 1 aromatic rings. The number of nitrogens with two attached hydrogens (primary N) is 1. The number of nitrogens with one attached hydrogen (secondary N) is 1. The lowest BCUT2D eigenvalue weighted by atomic mass is 9.76. The van der Waals surface area contributed by atoms with E-state index in [1.807, 2.05) is 6.07 Å². The molecule has 1 atom stereocenters. The molecule has 0 aromatic heterocycles. The molecule has 3 N–H and O–H groups in total. The second-order valence-corrected chi connectivity index (χ2v) is 6.75. The van der Waals surface area contributed by atoms with E-state index in [4.69, 9.17) is 5.73 Å². The summed E-state index contributed by atoms with van der Waals surface area (Å²) in [6, 6.07) is 7.19. The Hall–Kier alpha value is -1.46. The number of hydrogen-bond acceptors (Lipinski definition) is 3. The highest BCUT2D eigenvalue weighted by molar-refractivity contribution is 5.77. The number of carbonyl (C=O) groups excluding carboxylic acids is 1. The fourth-order valence-electron chi connectivity index (χ4n) is 3.72. The normalized spacial score (nSPS) is 22.8. The van der Waals surface area contributed by atoms with Gasteiger partial charge in [-0.3, -0.25) is 4.79 Å². The first-order valence-electron chi connectivity index (χ1n) is 8.40. The average Bonchev–Trinajstić information content (AvgIpc) is 2.53. The Kier molecular flexibility index (Phi) is 6.54. The molecule has 0 bridgehead atoms. The minimum Gasteiger partial charge on any atom is -0.355 e. The van der Waals surface area contributed by atoms with Gasteiger partial charge >= 0.3 is 0 Å². The van der Waals surface area contributed by atoms with E-state index in [1.165, 1.54) is 6.07 Å². The van der Waals surface area contributed by atoms with Crippen molar-refractivity contribution in [1.82, 2.24) is 10.2 Å². The topological polar surface area (TPSA) is 58.4 Å². The first-order valence-corrected chi connectivity index (χ1v) is 8.40. The molecule has 0 spiro atoms. The van der Waals surface area contributed by atoms with Gasteiger partial charge in [-0.25, -0.2) is 4.39 Å². The molecule has 1 unspecified atom stereocenters. The van der Waals surface area contributed by atoms with Crippen LogP contribution in [0.1, 0.15) is 37.3 Å². The summed E-state index contributed by atoms with van der Waals surface area (Å²) in [5.74, 6) is 0.788. The van der Waals surface area contributed by atoms with E-state index in [1.54, 1.807) is 12.1 Å². The molecule has 1 amide bonds. The Bertz CT molecular complexity index is 513. The minimum atomic E-state index is -0.174. The summed E-state index contributed by atoms with van der Waals surface area (Å²) in [6.45, 7) is 0.771. The summed E-state index contributed by atoms with van der Waals surface area (Å²) in [5, 5.41) is 2.88. The van der Waals surface area contributed by atoms with E-state index in [0.717, 1.165) is 37.8 Å². The highest BCUT2D eigenvalue weighted by Gasteiger charge is 2.30. The van der Waals surface area contributed by atoms with Crippen LogP contribution >= 0.6 is 0 Å². The maximum Gasteiger partial charge on any atom is 0.233 e. The molecule has 0 aliphatic heterocycles. The predicted molar refractivity (Wildman–Crippen MR) is 90.3 cm³/mol. The van der Waals surface area contributed by atoms with Crippen molar-refractivity contribution in [2.24, 2.45) is 17.6 Å². The van der Waals surface area contributed by atoms with Gasteiger partial charge < -0.3 is 16.0 Å². The van der Waals surface area contributed by atoms with Crippen LogP contribution in [-0.4, -0.2) is 38.0 Å². The number of hydrogen-bond donors (Lipinski definition) is 2. The monoisotopic (exact) mass is 321 g/mol. The van der Waals surface area contributed by atoms with Crippen LogP contribution in [0.25, 0.3) is 0 Å². The summed E-state index contributed by atoms with van der Waals surface area (Å²) >= 11 is 0. The van der Waals surface area contributed by atoms with Crippen molar-refractivity contribution in [2.75, 3.05) is 27.2 Å². The van der Waals surface area contributed by atoms with Gasteiger partial charge in [0, 0.05) is 12.6 Å². The van der Waals surface area contributed by atoms with Crippen LogP contribution in [0.15, 0.2) is 24.3 Å². The van der Waals surface area contributed by atoms with Crippen molar-refractivity contribution < 1.29 is 9.18 Å². The lowest BCUT2D eigenvalue weighted by molar-refractivity contribution is -0.119. The molecule has 2 rings (SSSR count). The van der Waals surface area contributed by atoms with Crippen LogP contribution in [0.2, 0.25) is 0 Å².